The highest BCUT2D eigenvalue weighted by molar-refractivity contribution is 14.0. The lowest BCUT2D eigenvalue weighted by molar-refractivity contribution is 0.615. The Hall–Kier alpha value is -1.16. The summed E-state index contributed by atoms with van der Waals surface area (Å²) in [5, 5.41) is 11.1. The van der Waals surface area contributed by atoms with Crippen molar-refractivity contribution in [1.82, 2.24) is 20.4 Å². The molecule has 0 amide bonds. The molecule has 144 valence electrons. The van der Waals surface area contributed by atoms with Gasteiger partial charge in [0, 0.05) is 32.4 Å². The highest BCUT2D eigenvalue weighted by atomic mass is 127. The number of benzene rings is 1. The highest BCUT2D eigenvalue weighted by Gasteiger charge is 2.14. The lowest BCUT2D eigenvalue weighted by Gasteiger charge is -2.18. The van der Waals surface area contributed by atoms with E-state index in [1.165, 1.54) is 17.3 Å². The van der Waals surface area contributed by atoms with Gasteiger partial charge in [0.15, 0.2) is 5.96 Å². The summed E-state index contributed by atoms with van der Waals surface area (Å²) in [5.41, 5.74) is 4.35. The molecule has 0 aliphatic carbocycles. The highest BCUT2D eigenvalue weighted by Crippen LogP contribution is 2.16. The van der Waals surface area contributed by atoms with Gasteiger partial charge in [0.1, 0.15) is 5.82 Å². The maximum atomic E-state index is 13.6. The smallest absolute Gasteiger partial charge is 0.191 e. The number of aliphatic imine (C=N–C) groups is 1. The maximum Gasteiger partial charge on any atom is 0.191 e. The maximum absolute atomic E-state index is 13.6. The topological polar surface area (TPSA) is 54.2 Å². The Bertz CT molecular complexity index is 775. The van der Waals surface area contributed by atoms with Crippen molar-refractivity contribution in [2.45, 2.75) is 39.8 Å². The van der Waals surface area contributed by atoms with Gasteiger partial charge in [-0.2, -0.15) is 5.10 Å². The zero-order valence-electron chi connectivity index (χ0n) is 15.7. The van der Waals surface area contributed by atoms with Gasteiger partial charge >= 0.3 is 0 Å². The molecule has 0 aliphatic heterocycles. The summed E-state index contributed by atoms with van der Waals surface area (Å²) in [6.45, 7) is 6.72. The molecule has 0 radical (unpaired) electrons. The summed E-state index contributed by atoms with van der Waals surface area (Å²) < 4.78 is 16.0. The Labute approximate surface area is 180 Å². The second kappa shape index (κ2) is 10.2. The Balaban J connectivity index is 0.00000338. The third kappa shape index (κ3) is 5.94. The van der Waals surface area contributed by atoms with Gasteiger partial charge in [-0.1, -0.05) is 6.07 Å². The van der Waals surface area contributed by atoms with Crippen LogP contribution in [-0.2, 0) is 20.0 Å². The summed E-state index contributed by atoms with van der Waals surface area (Å²) in [5.74, 6) is 0.424. The number of nitrogens with zero attached hydrogens (tertiary/aromatic N) is 3. The molecular weight excluding hydrogens is 512 g/mol. The molecule has 1 unspecified atom stereocenters. The fourth-order valence-electron chi connectivity index (χ4n) is 2.73. The Morgan fingerprint density at radius 2 is 2.08 bits per heavy atom. The van der Waals surface area contributed by atoms with Gasteiger partial charge in [-0.25, -0.2) is 4.39 Å². The minimum Gasteiger partial charge on any atom is -0.354 e. The van der Waals surface area contributed by atoms with Gasteiger partial charge in [-0.3, -0.25) is 9.67 Å². The second-order valence-corrected chi connectivity index (χ2v) is 7.05. The Morgan fingerprint density at radius 3 is 2.62 bits per heavy atom. The van der Waals surface area contributed by atoms with E-state index < -0.39 is 0 Å². The van der Waals surface area contributed by atoms with Crippen molar-refractivity contribution in [1.29, 1.82) is 0 Å². The van der Waals surface area contributed by atoms with E-state index >= 15 is 0 Å². The molecule has 0 bridgehead atoms. The van der Waals surface area contributed by atoms with Gasteiger partial charge < -0.3 is 10.6 Å². The average Bonchev–Trinajstić information content (AvgIpc) is 2.80. The predicted octanol–water partition coefficient (Wildman–Crippen LogP) is 3.85. The largest absolute Gasteiger partial charge is 0.354 e. The van der Waals surface area contributed by atoms with Crippen molar-refractivity contribution in [2.24, 2.45) is 12.0 Å². The molecule has 1 atom stereocenters. The minimum atomic E-state index is -0.266. The lowest BCUT2D eigenvalue weighted by Crippen LogP contribution is -2.42. The van der Waals surface area contributed by atoms with Crippen molar-refractivity contribution < 1.29 is 4.39 Å². The van der Waals surface area contributed by atoms with Gasteiger partial charge in [-0.15, -0.1) is 24.0 Å². The normalized spacial score (nSPS) is 12.5. The van der Waals surface area contributed by atoms with Crippen LogP contribution in [0, 0.1) is 19.7 Å². The number of nitrogens with one attached hydrogen (secondary N) is 2. The first-order chi connectivity index (χ1) is 11.8. The molecule has 0 saturated heterocycles. The van der Waals surface area contributed by atoms with Crippen molar-refractivity contribution in [2.75, 3.05) is 7.05 Å². The minimum absolute atomic E-state index is 0. The van der Waals surface area contributed by atoms with Crippen LogP contribution in [0.25, 0.3) is 0 Å². The summed E-state index contributed by atoms with van der Waals surface area (Å²) >= 11 is 3.16. The summed E-state index contributed by atoms with van der Waals surface area (Å²) in [6.07, 6.45) is 0.860. The standard InChI is InChI=1S/C18H25BrFN5.HI/c1-11(8-15-12(2)24-25(5)13(15)3)23-18(21-4)22-10-14-6-7-16(19)17(20)9-14;/h6-7,9,11H,8,10H2,1-5H3,(H2,21,22,23);1H. The summed E-state index contributed by atoms with van der Waals surface area (Å²) in [7, 11) is 3.69. The van der Waals surface area contributed by atoms with E-state index in [0.717, 1.165) is 17.7 Å². The first-order valence-electron chi connectivity index (χ1n) is 8.22. The van der Waals surface area contributed by atoms with Crippen LogP contribution in [0.4, 0.5) is 4.39 Å². The van der Waals surface area contributed by atoms with Crippen LogP contribution in [0.15, 0.2) is 27.7 Å². The van der Waals surface area contributed by atoms with E-state index in [0.29, 0.717) is 17.0 Å². The quantitative estimate of drug-likeness (QED) is 0.346. The number of rotatable bonds is 5. The van der Waals surface area contributed by atoms with E-state index in [1.54, 1.807) is 13.1 Å². The van der Waals surface area contributed by atoms with Crippen molar-refractivity contribution in [3.63, 3.8) is 0 Å². The molecule has 2 aromatic rings. The molecule has 0 spiro atoms. The second-order valence-electron chi connectivity index (χ2n) is 6.20. The van der Waals surface area contributed by atoms with E-state index in [2.05, 4.69) is 50.5 Å². The van der Waals surface area contributed by atoms with E-state index in [9.17, 15) is 4.39 Å². The number of hydrogen-bond acceptors (Lipinski definition) is 2. The molecule has 2 N–H and O–H groups in total. The SMILES string of the molecule is CN=C(NCc1ccc(Br)c(F)c1)NC(C)Cc1c(C)nn(C)c1C.I. The zero-order chi connectivity index (χ0) is 18.6. The average molecular weight is 538 g/mol. The molecule has 0 aliphatic rings. The third-order valence-corrected chi connectivity index (χ3v) is 4.86. The molecule has 1 aromatic carbocycles. The van der Waals surface area contributed by atoms with Crippen LogP contribution in [0.3, 0.4) is 0 Å². The molecule has 8 heteroatoms. The molecule has 0 fully saturated rings. The number of hydrogen-bond donors (Lipinski definition) is 2. The molecule has 26 heavy (non-hydrogen) atoms. The monoisotopic (exact) mass is 537 g/mol. The molecule has 1 heterocycles. The van der Waals surface area contributed by atoms with Crippen LogP contribution in [-0.4, -0.2) is 28.8 Å². The fraction of sp³-hybridized carbons (Fsp3) is 0.444. The van der Waals surface area contributed by atoms with Crippen molar-refractivity contribution >= 4 is 45.9 Å². The molecule has 2 rings (SSSR count). The Kier molecular flexibility index (Phi) is 9.02. The van der Waals surface area contributed by atoms with Gasteiger partial charge in [0.2, 0.25) is 0 Å². The number of halogens is 3. The van der Waals surface area contributed by atoms with E-state index in [1.807, 2.05) is 24.7 Å². The summed E-state index contributed by atoms with van der Waals surface area (Å²) in [4.78, 5) is 4.25. The number of guanidine groups is 1. The predicted molar refractivity (Wildman–Crippen MR) is 119 cm³/mol. The van der Waals surface area contributed by atoms with Crippen molar-refractivity contribution in [3.8, 4) is 0 Å². The molecule has 1 aromatic heterocycles. The van der Waals surface area contributed by atoms with Crippen LogP contribution in [0.5, 0.6) is 0 Å². The summed E-state index contributed by atoms with van der Waals surface area (Å²) in [6, 6.07) is 5.28. The van der Waals surface area contributed by atoms with Gasteiger partial charge in [-0.05, 0) is 66.4 Å². The van der Waals surface area contributed by atoms with Gasteiger partial charge in [0.25, 0.3) is 0 Å². The molecule has 5 nitrogen and oxygen atoms in total. The van der Waals surface area contributed by atoms with E-state index in [4.69, 9.17) is 0 Å². The van der Waals surface area contributed by atoms with Crippen LogP contribution >= 0.6 is 39.9 Å². The van der Waals surface area contributed by atoms with Crippen molar-refractivity contribution in [3.05, 3.63) is 51.0 Å². The van der Waals surface area contributed by atoms with Crippen LogP contribution in [0.1, 0.15) is 29.4 Å². The van der Waals surface area contributed by atoms with E-state index in [-0.39, 0.29) is 35.8 Å². The molecule has 0 saturated carbocycles. The van der Waals surface area contributed by atoms with Gasteiger partial charge in [0.05, 0.1) is 10.2 Å². The fourth-order valence-corrected chi connectivity index (χ4v) is 2.98. The Morgan fingerprint density at radius 1 is 1.38 bits per heavy atom. The first kappa shape index (κ1) is 22.9. The third-order valence-electron chi connectivity index (χ3n) is 4.22. The van der Waals surface area contributed by atoms with Crippen LogP contribution in [0.2, 0.25) is 0 Å². The first-order valence-corrected chi connectivity index (χ1v) is 9.01. The lowest BCUT2D eigenvalue weighted by atomic mass is 10.1. The molecular formula is C18H26BrFIN5. The number of aryl methyl sites for hydroxylation is 2. The van der Waals surface area contributed by atoms with Crippen LogP contribution < -0.4 is 10.6 Å². The number of aromatic nitrogens is 2. The zero-order valence-corrected chi connectivity index (χ0v) is 19.6.